The van der Waals surface area contributed by atoms with Crippen LogP contribution in [0.5, 0.6) is 0 Å². The van der Waals surface area contributed by atoms with Crippen molar-refractivity contribution in [3.05, 3.63) is 28.3 Å². The third-order valence-corrected chi connectivity index (χ3v) is 3.96. The maximum absolute atomic E-state index is 11.0. The minimum absolute atomic E-state index is 0.0231. The molecule has 0 spiro atoms. The van der Waals surface area contributed by atoms with Crippen molar-refractivity contribution >= 4 is 22.8 Å². The van der Waals surface area contributed by atoms with Crippen molar-refractivity contribution in [3.63, 3.8) is 0 Å². The van der Waals surface area contributed by atoms with E-state index in [4.69, 9.17) is 4.42 Å². The summed E-state index contributed by atoms with van der Waals surface area (Å²) in [6, 6.07) is 5.41. The first-order chi connectivity index (χ1) is 10.2. The smallest absolute Gasteiger partial charge is 0.298 e. The van der Waals surface area contributed by atoms with Crippen LogP contribution in [0.15, 0.2) is 22.6 Å². The molecule has 0 aliphatic carbocycles. The van der Waals surface area contributed by atoms with E-state index < -0.39 is 4.92 Å². The minimum Gasteiger partial charge on any atom is -0.423 e. The van der Waals surface area contributed by atoms with Gasteiger partial charge in [0.15, 0.2) is 11.1 Å². The van der Waals surface area contributed by atoms with Gasteiger partial charge in [0.05, 0.1) is 4.92 Å². The number of para-hydroxylation sites is 1. The van der Waals surface area contributed by atoms with Crippen LogP contribution in [0.25, 0.3) is 11.1 Å². The summed E-state index contributed by atoms with van der Waals surface area (Å²) in [5.41, 5.74) is 0.721. The van der Waals surface area contributed by atoms with Crippen molar-refractivity contribution in [3.8, 4) is 0 Å². The number of hydrogen-bond acceptors (Lipinski definition) is 6. The molecule has 1 N–H and O–H groups in total. The molecule has 1 aliphatic heterocycles. The quantitative estimate of drug-likeness (QED) is 0.688. The SMILES string of the molecule is CCN1CCC(Nc2nc3c([N+](=O)[O-])cccc3o2)CC1. The van der Waals surface area contributed by atoms with Crippen LogP contribution in [0.3, 0.4) is 0 Å². The van der Waals surface area contributed by atoms with Crippen molar-refractivity contribution in [2.75, 3.05) is 25.0 Å². The summed E-state index contributed by atoms with van der Waals surface area (Å²) in [6.07, 6.45) is 2.04. The van der Waals surface area contributed by atoms with Crippen LogP contribution in [0.1, 0.15) is 19.8 Å². The Kier molecular flexibility index (Phi) is 3.74. The number of oxazole rings is 1. The van der Waals surface area contributed by atoms with Gasteiger partial charge in [0.1, 0.15) is 0 Å². The number of non-ortho nitro benzene ring substituents is 1. The number of aromatic nitrogens is 1. The number of piperidine rings is 1. The molecule has 0 atom stereocenters. The van der Waals surface area contributed by atoms with Gasteiger partial charge in [-0.15, -0.1) is 0 Å². The lowest BCUT2D eigenvalue weighted by atomic mass is 10.1. The van der Waals surface area contributed by atoms with Gasteiger partial charge in [-0.25, -0.2) is 0 Å². The summed E-state index contributed by atoms with van der Waals surface area (Å²) < 4.78 is 5.57. The largest absolute Gasteiger partial charge is 0.423 e. The molecule has 1 saturated heterocycles. The number of fused-ring (bicyclic) bond motifs is 1. The number of benzene rings is 1. The fourth-order valence-corrected chi connectivity index (χ4v) is 2.71. The van der Waals surface area contributed by atoms with E-state index in [-0.39, 0.29) is 5.69 Å². The molecule has 112 valence electrons. The Morgan fingerprint density at radius 3 is 2.90 bits per heavy atom. The van der Waals surface area contributed by atoms with E-state index in [1.54, 1.807) is 12.1 Å². The fraction of sp³-hybridized carbons (Fsp3) is 0.500. The Bertz CT molecular complexity index is 647. The second-order valence-corrected chi connectivity index (χ2v) is 5.25. The van der Waals surface area contributed by atoms with Crippen molar-refractivity contribution in [2.45, 2.75) is 25.8 Å². The Hall–Kier alpha value is -2.15. The topological polar surface area (TPSA) is 84.4 Å². The number of nitrogens with zero attached hydrogens (tertiary/aromatic N) is 3. The zero-order valence-electron chi connectivity index (χ0n) is 11.9. The van der Waals surface area contributed by atoms with Crippen LogP contribution in [0.4, 0.5) is 11.7 Å². The number of hydrogen-bond donors (Lipinski definition) is 1. The van der Waals surface area contributed by atoms with Crippen molar-refractivity contribution in [2.24, 2.45) is 0 Å². The summed E-state index contributed by atoms with van der Waals surface area (Å²) in [7, 11) is 0. The van der Waals surface area contributed by atoms with Crippen molar-refractivity contribution in [1.82, 2.24) is 9.88 Å². The normalized spacial score (nSPS) is 17.2. The van der Waals surface area contributed by atoms with E-state index in [0.717, 1.165) is 32.5 Å². The molecule has 0 radical (unpaired) electrons. The summed E-state index contributed by atoms with van der Waals surface area (Å²) in [5, 5.41) is 14.2. The molecule has 21 heavy (non-hydrogen) atoms. The van der Waals surface area contributed by atoms with E-state index in [1.807, 2.05) is 0 Å². The number of nitrogens with one attached hydrogen (secondary N) is 1. The first kappa shape index (κ1) is 13.8. The van der Waals surface area contributed by atoms with Crippen molar-refractivity contribution in [1.29, 1.82) is 0 Å². The summed E-state index contributed by atoms with van der Waals surface area (Å²) >= 11 is 0. The van der Waals surface area contributed by atoms with Gasteiger partial charge in [0.25, 0.3) is 11.7 Å². The average Bonchev–Trinajstić information content (AvgIpc) is 2.89. The zero-order valence-corrected chi connectivity index (χ0v) is 11.9. The molecule has 0 bridgehead atoms. The third kappa shape index (κ3) is 2.82. The lowest BCUT2D eigenvalue weighted by Gasteiger charge is -2.30. The van der Waals surface area contributed by atoms with Crippen LogP contribution < -0.4 is 5.32 Å². The predicted molar refractivity (Wildman–Crippen MR) is 79.4 cm³/mol. The molecule has 0 amide bonds. The van der Waals surface area contributed by atoms with Crippen LogP contribution in [-0.2, 0) is 0 Å². The van der Waals surface area contributed by atoms with E-state index >= 15 is 0 Å². The summed E-state index contributed by atoms with van der Waals surface area (Å²) in [4.78, 5) is 17.2. The van der Waals surface area contributed by atoms with Crippen molar-refractivity contribution < 1.29 is 9.34 Å². The molecule has 1 aliphatic rings. The maximum Gasteiger partial charge on any atom is 0.298 e. The molecular formula is C14H18N4O3. The minimum atomic E-state index is -0.436. The highest BCUT2D eigenvalue weighted by Gasteiger charge is 2.21. The molecule has 2 heterocycles. The highest BCUT2D eigenvalue weighted by atomic mass is 16.6. The number of nitro groups is 1. The van der Waals surface area contributed by atoms with Gasteiger partial charge in [-0.05, 0) is 25.5 Å². The van der Waals surface area contributed by atoms with Crippen LogP contribution in [-0.4, -0.2) is 40.5 Å². The molecule has 7 heteroatoms. The van der Waals surface area contributed by atoms with Crippen LogP contribution in [0, 0.1) is 10.1 Å². The molecule has 7 nitrogen and oxygen atoms in total. The van der Waals surface area contributed by atoms with Gasteiger partial charge < -0.3 is 14.6 Å². The average molecular weight is 290 g/mol. The summed E-state index contributed by atoms with van der Waals surface area (Å²) in [5.74, 6) is 0. The van der Waals surface area contributed by atoms with Crippen LogP contribution >= 0.6 is 0 Å². The second kappa shape index (κ2) is 5.69. The molecule has 3 rings (SSSR count). The number of rotatable bonds is 4. The first-order valence-electron chi connectivity index (χ1n) is 7.20. The van der Waals surface area contributed by atoms with Gasteiger partial charge in [0.2, 0.25) is 0 Å². The maximum atomic E-state index is 11.0. The number of anilines is 1. The van der Waals surface area contributed by atoms with Gasteiger partial charge in [-0.3, -0.25) is 10.1 Å². The Morgan fingerprint density at radius 2 is 2.24 bits per heavy atom. The van der Waals surface area contributed by atoms with Gasteiger partial charge in [0, 0.05) is 25.2 Å². The summed E-state index contributed by atoms with van der Waals surface area (Å²) in [6.45, 7) is 5.33. The Balaban J connectivity index is 1.76. The van der Waals surface area contributed by atoms with Gasteiger partial charge in [-0.2, -0.15) is 4.98 Å². The Labute approximate surface area is 122 Å². The van der Waals surface area contributed by atoms with E-state index in [1.165, 1.54) is 6.07 Å². The monoisotopic (exact) mass is 290 g/mol. The predicted octanol–water partition coefficient (Wildman–Crippen LogP) is 2.63. The molecule has 0 unspecified atom stereocenters. The highest BCUT2D eigenvalue weighted by molar-refractivity contribution is 5.84. The zero-order chi connectivity index (χ0) is 14.8. The number of nitro benzene ring substituents is 1. The molecule has 1 aromatic heterocycles. The lowest BCUT2D eigenvalue weighted by molar-refractivity contribution is -0.383. The standard InChI is InChI=1S/C14H18N4O3/c1-2-17-8-6-10(7-9-17)15-14-16-13-11(18(19)20)4-3-5-12(13)21-14/h3-5,10H,2,6-9H2,1H3,(H,15,16). The molecular weight excluding hydrogens is 272 g/mol. The van der Waals surface area contributed by atoms with E-state index in [2.05, 4.69) is 22.1 Å². The van der Waals surface area contributed by atoms with Gasteiger partial charge in [-0.1, -0.05) is 13.0 Å². The van der Waals surface area contributed by atoms with E-state index in [0.29, 0.717) is 23.2 Å². The van der Waals surface area contributed by atoms with Gasteiger partial charge >= 0.3 is 0 Å². The Morgan fingerprint density at radius 1 is 1.48 bits per heavy atom. The third-order valence-electron chi connectivity index (χ3n) is 3.96. The molecule has 0 saturated carbocycles. The second-order valence-electron chi connectivity index (χ2n) is 5.25. The number of likely N-dealkylation sites (tertiary alicyclic amines) is 1. The molecule has 1 aromatic carbocycles. The molecule has 1 fully saturated rings. The molecule has 2 aromatic rings. The lowest BCUT2D eigenvalue weighted by Crippen LogP contribution is -2.38. The highest BCUT2D eigenvalue weighted by Crippen LogP contribution is 2.28. The van der Waals surface area contributed by atoms with E-state index in [9.17, 15) is 10.1 Å². The first-order valence-corrected chi connectivity index (χ1v) is 7.20. The fourth-order valence-electron chi connectivity index (χ4n) is 2.71. The van der Waals surface area contributed by atoms with Crippen LogP contribution in [0.2, 0.25) is 0 Å².